The van der Waals surface area contributed by atoms with Crippen molar-refractivity contribution in [1.29, 1.82) is 0 Å². The lowest BCUT2D eigenvalue weighted by Gasteiger charge is -2.30. The van der Waals surface area contributed by atoms with Crippen LogP contribution < -0.4 is 0 Å². The number of benzene rings is 2. The molecule has 1 fully saturated rings. The molecule has 3 atom stereocenters. The van der Waals surface area contributed by atoms with Crippen LogP contribution in [0.25, 0.3) is 0 Å². The van der Waals surface area contributed by atoms with Crippen molar-refractivity contribution in [2.45, 2.75) is 58.7 Å². The molecule has 1 heterocycles. The Morgan fingerprint density at radius 1 is 0.857 bits per heavy atom. The van der Waals surface area contributed by atoms with E-state index in [0.29, 0.717) is 19.3 Å². The van der Waals surface area contributed by atoms with Gasteiger partial charge in [0, 0.05) is 12.8 Å². The summed E-state index contributed by atoms with van der Waals surface area (Å²) in [6, 6.07) is 19.8. The Labute approximate surface area is 169 Å². The summed E-state index contributed by atoms with van der Waals surface area (Å²) in [4.78, 5) is 0. The van der Waals surface area contributed by atoms with Gasteiger partial charge < -0.3 is 0 Å². The maximum absolute atomic E-state index is 12.5. The Hall–Kier alpha value is -1.69. The third-order valence-electron chi connectivity index (χ3n) is 5.05. The van der Waals surface area contributed by atoms with Crippen molar-refractivity contribution in [2.24, 2.45) is 11.3 Å². The van der Waals surface area contributed by atoms with Crippen LogP contribution in [0.3, 0.4) is 0 Å². The molecule has 0 spiro atoms. The van der Waals surface area contributed by atoms with Crippen LogP contribution >= 0.6 is 0 Å². The van der Waals surface area contributed by atoms with E-state index in [0.717, 1.165) is 17.5 Å². The van der Waals surface area contributed by atoms with E-state index >= 15 is 0 Å². The molecule has 3 rings (SSSR count). The Balaban J connectivity index is 1.86. The molecule has 0 saturated carbocycles. The Bertz CT molecular complexity index is 841. The number of hydrogen-bond acceptors (Lipinski definition) is 4. The van der Waals surface area contributed by atoms with E-state index in [1.54, 1.807) is 0 Å². The van der Waals surface area contributed by atoms with Gasteiger partial charge in [0.15, 0.2) is 0 Å². The predicted molar refractivity (Wildman–Crippen MR) is 111 cm³/mol. The molecule has 2 aromatic rings. The maximum Gasteiger partial charge on any atom is 0.400 e. The van der Waals surface area contributed by atoms with Crippen molar-refractivity contribution in [2.75, 3.05) is 0 Å². The van der Waals surface area contributed by atoms with Crippen LogP contribution in [0.4, 0.5) is 0 Å². The minimum atomic E-state index is -4.05. The molecule has 0 aromatic heterocycles. The lowest BCUT2D eigenvalue weighted by molar-refractivity contribution is 0.109. The fourth-order valence-corrected chi connectivity index (χ4v) is 5.04. The molecule has 0 aliphatic carbocycles. The van der Waals surface area contributed by atoms with Gasteiger partial charge in [0.2, 0.25) is 0 Å². The first-order valence-corrected chi connectivity index (χ1v) is 11.2. The van der Waals surface area contributed by atoms with Crippen molar-refractivity contribution in [3.8, 4) is 0 Å². The Morgan fingerprint density at radius 2 is 1.39 bits per heavy atom. The van der Waals surface area contributed by atoms with Gasteiger partial charge in [0.1, 0.15) is 0 Å². The summed E-state index contributed by atoms with van der Waals surface area (Å²) in [5.74, 6) is 0.0891. The Morgan fingerprint density at radius 3 is 1.93 bits per heavy atom. The fourth-order valence-electron chi connectivity index (χ4n) is 3.99. The summed E-state index contributed by atoms with van der Waals surface area (Å²) >= 11 is 0. The quantitative estimate of drug-likeness (QED) is 0.711. The van der Waals surface area contributed by atoms with Crippen molar-refractivity contribution >= 4 is 10.4 Å². The van der Waals surface area contributed by atoms with Gasteiger partial charge in [-0.25, -0.2) is 8.37 Å². The monoisotopic (exact) mass is 402 g/mol. The van der Waals surface area contributed by atoms with Gasteiger partial charge in [0.25, 0.3) is 0 Å². The van der Waals surface area contributed by atoms with E-state index in [9.17, 15) is 8.42 Å². The van der Waals surface area contributed by atoms with Crippen molar-refractivity contribution in [1.82, 2.24) is 0 Å². The molecular weight excluding hydrogens is 372 g/mol. The van der Waals surface area contributed by atoms with Crippen LogP contribution in [-0.4, -0.2) is 20.6 Å². The van der Waals surface area contributed by atoms with E-state index in [2.05, 4.69) is 20.8 Å². The molecule has 0 amide bonds. The van der Waals surface area contributed by atoms with Gasteiger partial charge in [-0.3, -0.25) is 0 Å². The summed E-state index contributed by atoms with van der Waals surface area (Å²) in [6.07, 6.45) is 1.80. The zero-order chi connectivity index (χ0) is 20.2. The van der Waals surface area contributed by atoms with Crippen LogP contribution in [0, 0.1) is 11.3 Å². The molecule has 0 bridgehead atoms. The van der Waals surface area contributed by atoms with Crippen LogP contribution in [0.15, 0.2) is 60.7 Å². The van der Waals surface area contributed by atoms with Gasteiger partial charge in [-0.2, -0.15) is 8.42 Å². The molecule has 0 N–H and O–H groups in total. The van der Waals surface area contributed by atoms with Crippen molar-refractivity contribution in [3.63, 3.8) is 0 Å². The lowest BCUT2D eigenvalue weighted by Crippen LogP contribution is -2.30. The molecule has 152 valence electrons. The zero-order valence-corrected chi connectivity index (χ0v) is 17.7. The van der Waals surface area contributed by atoms with E-state index in [-0.39, 0.29) is 11.3 Å². The largest absolute Gasteiger partial charge is 0.400 e. The average Bonchev–Trinajstić information content (AvgIpc) is 2.71. The lowest BCUT2D eigenvalue weighted by atomic mass is 9.78. The number of rotatable bonds is 5. The van der Waals surface area contributed by atoms with Gasteiger partial charge in [-0.1, -0.05) is 81.4 Å². The topological polar surface area (TPSA) is 52.6 Å². The molecule has 1 aliphatic heterocycles. The minimum absolute atomic E-state index is 0.0639. The number of hydrogen-bond donors (Lipinski definition) is 0. The second-order valence-electron chi connectivity index (χ2n) is 8.90. The smallest absolute Gasteiger partial charge is 0.244 e. The van der Waals surface area contributed by atoms with Gasteiger partial charge >= 0.3 is 10.4 Å². The fraction of sp³-hybridized carbons (Fsp3) is 0.478. The molecule has 28 heavy (non-hydrogen) atoms. The molecule has 2 aromatic carbocycles. The van der Waals surface area contributed by atoms with E-state index in [1.807, 2.05) is 60.7 Å². The first-order chi connectivity index (χ1) is 13.2. The van der Waals surface area contributed by atoms with Crippen LogP contribution in [0.2, 0.25) is 0 Å². The second kappa shape index (κ2) is 8.76. The maximum atomic E-state index is 12.5. The van der Waals surface area contributed by atoms with E-state index < -0.39 is 22.6 Å². The minimum Gasteiger partial charge on any atom is -0.244 e. The standard InChI is InChI=1S/C23H30O4S/c1-23(2,3)17-20-16-21(14-18-10-6-4-7-11-18)26-28(24,25)27-22(20)15-19-12-8-5-9-13-19/h4-13,20-22H,14-17H2,1-3H3/t20?,21?,22-/m1/s1. The summed E-state index contributed by atoms with van der Waals surface area (Å²) in [7, 11) is -4.05. The van der Waals surface area contributed by atoms with Gasteiger partial charge in [-0.05, 0) is 35.3 Å². The van der Waals surface area contributed by atoms with Crippen molar-refractivity contribution in [3.05, 3.63) is 71.8 Å². The van der Waals surface area contributed by atoms with E-state index in [4.69, 9.17) is 8.37 Å². The summed E-state index contributed by atoms with van der Waals surface area (Å²) in [5, 5.41) is 0. The molecule has 5 heteroatoms. The molecule has 1 saturated heterocycles. The SMILES string of the molecule is CC(C)(C)CC1CC(Cc2ccccc2)OS(=O)(=O)O[C@@H]1Cc1ccccc1. The van der Waals surface area contributed by atoms with Gasteiger partial charge in [-0.15, -0.1) is 0 Å². The highest BCUT2D eigenvalue weighted by molar-refractivity contribution is 7.81. The Kier molecular flexibility index (Phi) is 6.58. The highest BCUT2D eigenvalue weighted by Gasteiger charge is 2.38. The first kappa shape index (κ1) is 21.0. The molecule has 1 aliphatic rings. The third kappa shape index (κ3) is 6.43. The summed E-state index contributed by atoms with van der Waals surface area (Å²) in [6.45, 7) is 6.54. The summed E-state index contributed by atoms with van der Waals surface area (Å²) < 4.78 is 36.1. The van der Waals surface area contributed by atoms with Crippen molar-refractivity contribution < 1.29 is 16.8 Å². The molecule has 0 radical (unpaired) electrons. The molecule has 2 unspecified atom stereocenters. The third-order valence-corrected chi connectivity index (χ3v) is 6.04. The normalized spacial score (nSPS) is 25.2. The average molecular weight is 403 g/mol. The molecule has 4 nitrogen and oxygen atoms in total. The second-order valence-corrected chi connectivity index (χ2v) is 10.1. The molecular formula is C23H30O4S. The highest BCUT2D eigenvalue weighted by atomic mass is 32.3. The van der Waals surface area contributed by atoms with Gasteiger partial charge in [0.05, 0.1) is 12.2 Å². The highest BCUT2D eigenvalue weighted by Crippen LogP contribution is 2.36. The van der Waals surface area contributed by atoms with Crippen LogP contribution in [-0.2, 0) is 31.6 Å². The van der Waals surface area contributed by atoms with Crippen LogP contribution in [0.1, 0.15) is 44.7 Å². The van der Waals surface area contributed by atoms with Crippen LogP contribution in [0.5, 0.6) is 0 Å². The van der Waals surface area contributed by atoms with E-state index in [1.165, 1.54) is 0 Å². The summed E-state index contributed by atoms with van der Waals surface area (Å²) in [5.41, 5.74) is 2.20. The predicted octanol–water partition coefficient (Wildman–Crippen LogP) is 4.94. The first-order valence-electron chi connectivity index (χ1n) is 9.89. The zero-order valence-electron chi connectivity index (χ0n) is 16.9.